The lowest BCUT2D eigenvalue weighted by molar-refractivity contribution is 1.24. The summed E-state index contributed by atoms with van der Waals surface area (Å²) in [7, 11) is 0. The summed E-state index contributed by atoms with van der Waals surface area (Å²) >= 11 is 1.93. The van der Waals surface area contributed by atoms with Crippen LogP contribution in [-0.4, -0.2) is 0 Å². The van der Waals surface area contributed by atoms with E-state index < -0.39 is 0 Å². The van der Waals surface area contributed by atoms with Gasteiger partial charge in [0.05, 0.1) is 0 Å². The van der Waals surface area contributed by atoms with Gasteiger partial charge in [0.15, 0.2) is 0 Å². The fourth-order valence-corrected chi connectivity index (χ4v) is 5.81. The van der Waals surface area contributed by atoms with Crippen molar-refractivity contribution in [2.75, 3.05) is 0 Å². The van der Waals surface area contributed by atoms with Crippen LogP contribution >= 0.6 is 11.8 Å². The third-order valence-electron chi connectivity index (χ3n) is 5.78. The summed E-state index contributed by atoms with van der Waals surface area (Å²) in [6.45, 7) is 0. The standard InChI is InChI=1S/C26H18S/c1-3-11-21-17(7-1)15-19-9-5-13-23(25(19)21)27-24-14-6-10-20-16-18-8-2-4-12-22(18)26(20)24/h1-14H,15-16H2. The molecule has 0 atom stereocenters. The van der Waals surface area contributed by atoms with Crippen LogP contribution in [0.15, 0.2) is 94.7 Å². The predicted molar refractivity (Wildman–Crippen MR) is 113 cm³/mol. The summed E-state index contributed by atoms with van der Waals surface area (Å²) in [5.74, 6) is 0. The van der Waals surface area contributed by atoms with Gasteiger partial charge in [-0.3, -0.25) is 0 Å². The lowest BCUT2D eigenvalue weighted by Gasteiger charge is -2.13. The van der Waals surface area contributed by atoms with Crippen LogP contribution in [0.1, 0.15) is 22.3 Å². The minimum Gasteiger partial charge on any atom is -0.0888 e. The average molecular weight is 362 g/mol. The molecular formula is C26H18S. The van der Waals surface area contributed by atoms with Gasteiger partial charge in [0.1, 0.15) is 0 Å². The van der Waals surface area contributed by atoms with Gasteiger partial charge >= 0.3 is 0 Å². The van der Waals surface area contributed by atoms with E-state index in [9.17, 15) is 0 Å². The van der Waals surface area contributed by atoms with E-state index in [2.05, 4.69) is 84.9 Å². The number of fused-ring (bicyclic) bond motifs is 6. The lowest BCUT2D eigenvalue weighted by atomic mass is 10.1. The molecule has 27 heavy (non-hydrogen) atoms. The summed E-state index contributed by atoms with van der Waals surface area (Å²) in [6, 6.07) is 31.3. The molecule has 1 heteroatoms. The first-order valence-electron chi connectivity index (χ1n) is 9.47. The minimum atomic E-state index is 1.05. The summed E-state index contributed by atoms with van der Waals surface area (Å²) in [5.41, 5.74) is 11.5. The van der Waals surface area contributed by atoms with Crippen molar-refractivity contribution in [3.63, 3.8) is 0 Å². The van der Waals surface area contributed by atoms with Crippen molar-refractivity contribution >= 4 is 11.8 Å². The Hall–Kier alpha value is -2.77. The van der Waals surface area contributed by atoms with Gasteiger partial charge in [-0.25, -0.2) is 0 Å². The maximum Gasteiger partial charge on any atom is 0.0204 e. The van der Waals surface area contributed by atoms with E-state index in [-0.39, 0.29) is 0 Å². The van der Waals surface area contributed by atoms with Crippen LogP contribution in [0.5, 0.6) is 0 Å². The molecule has 0 spiro atoms. The van der Waals surface area contributed by atoms with Crippen molar-refractivity contribution in [2.45, 2.75) is 22.6 Å². The van der Waals surface area contributed by atoms with Crippen molar-refractivity contribution in [2.24, 2.45) is 0 Å². The molecule has 0 aromatic heterocycles. The molecule has 0 amide bonds. The van der Waals surface area contributed by atoms with Gasteiger partial charge in [-0.15, -0.1) is 0 Å². The Morgan fingerprint density at radius 3 is 1.41 bits per heavy atom. The predicted octanol–water partition coefficient (Wildman–Crippen LogP) is 6.98. The molecule has 2 aliphatic carbocycles. The fourth-order valence-electron chi connectivity index (χ4n) is 4.59. The normalized spacial score (nSPS) is 13.0. The second kappa shape index (κ2) is 5.87. The Morgan fingerprint density at radius 1 is 0.444 bits per heavy atom. The quantitative estimate of drug-likeness (QED) is 0.320. The molecule has 0 heterocycles. The molecule has 2 aliphatic rings. The topological polar surface area (TPSA) is 0 Å². The molecule has 0 unspecified atom stereocenters. The number of hydrogen-bond donors (Lipinski definition) is 0. The molecule has 4 aromatic rings. The molecular weight excluding hydrogens is 344 g/mol. The molecule has 4 aromatic carbocycles. The van der Waals surface area contributed by atoms with Gasteiger partial charge < -0.3 is 0 Å². The number of benzene rings is 4. The Kier molecular flexibility index (Phi) is 3.33. The van der Waals surface area contributed by atoms with Crippen molar-refractivity contribution in [1.29, 1.82) is 0 Å². The fraction of sp³-hybridized carbons (Fsp3) is 0.0769. The highest BCUT2D eigenvalue weighted by Crippen LogP contribution is 2.48. The van der Waals surface area contributed by atoms with Crippen LogP contribution in [0.3, 0.4) is 0 Å². The number of hydrogen-bond acceptors (Lipinski definition) is 1. The second-order valence-corrected chi connectivity index (χ2v) is 8.43. The Bertz CT molecular complexity index is 1110. The van der Waals surface area contributed by atoms with Gasteiger partial charge in [0, 0.05) is 9.79 Å². The lowest BCUT2D eigenvalue weighted by Crippen LogP contribution is -1.86. The van der Waals surface area contributed by atoms with Crippen LogP contribution in [-0.2, 0) is 12.8 Å². The first-order valence-corrected chi connectivity index (χ1v) is 10.3. The SMILES string of the molecule is c1ccc2c(c1)Cc1cccc(Sc3cccc4c3-c3ccccc3C4)c1-2. The van der Waals surface area contributed by atoms with Crippen LogP contribution in [0, 0.1) is 0 Å². The molecule has 0 aliphatic heterocycles. The van der Waals surface area contributed by atoms with Crippen molar-refractivity contribution in [1.82, 2.24) is 0 Å². The Balaban J connectivity index is 1.50. The van der Waals surface area contributed by atoms with Gasteiger partial charge in [0.2, 0.25) is 0 Å². The van der Waals surface area contributed by atoms with E-state index in [1.807, 2.05) is 11.8 Å². The van der Waals surface area contributed by atoms with E-state index in [0.717, 1.165) is 12.8 Å². The van der Waals surface area contributed by atoms with E-state index in [4.69, 9.17) is 0 Å². The zero-order chi connectivity index (χ0) is 17.8. The van der Waals surface area contributed by atoms with Crippen LogP contribution < -0.4 is 0 Å². The van der Waals surface area contributed by atoms with Gasteiger partial charge in [-0.1, -0.05) is 84.6 Å². The molecule has 6 rings (SSSR count). The maximum absolute atomic E-state index is 2.28. The summed E-state index contributed by atoms with van der Waals surface area (Å²) in [4.78, 5) is 2.74. The highest BCUT2D eigenvalue weighted by molar-refractivity contribution is 7.99. The summed E-state index contributed by atoms with van der Waals surface area (Å²) in [5, 5.41) is 0. The minimum absolute atomic E-state index is 1.05. The van der Waals surface area contributed by atoms with Crippen LogP contribution in [0.2, 0.25) is 0 Å². The molecule has 0 nitrogen and oxygen atoms in total. The first-order chi connectivity index (χ1) is 13.4. The third kappa shape index (κ3) is 2.32. The first kappa shape index (κ1) is 15.3. The highest BCUT2D eigenvalue weighted by atomic mass is 32.2. The largest absolute Gasteiger partial charge is 0.0888 e. The molecule has 0 saturated heterocycles. The van der Waals surface area contributed by atoms with Crippen molar-refractivity contribution < 1.29 is 0 Å². The second-order valence-electron chi connectivity index (χ2n) is 7.35. The van der Waals surface area contributed by atoms with E-state index in [0.29, 0.717) is 0 Å². The summed E-state index contributed by atoms with van der Waals surface area (Å²) in [6.07, 6.45) is 2.10. The molecule has 0 bridgehead atoms. The van der Waals surface area contributed by atoms with Gasteiger partial charge in [-0.05, 0) is 69.5 Å². The summed E-state index contributed by atoms with van der Waals surface area (Å²) < 4.78 is 0. The van der Waals surface area contributed by atoms with E-state index in [1.54, 1.807) is 0 Å². The third-order valence-corrected chi connectivity index (χ3v) is 6.90. The molecule has 128 valence electrons. The monoisotopic (exact) mass is 362 g/mol. The molecule has 0 fully saturated rings. The van der Waals surface area contributed by atoms with Gasteiger partial charge in [0.25, 0.3) is 0 Å². The van der Waals surface area contributed by atoms with Crippen LogP contribution in [0.25, 0.3) is 22.3 Å². The Labute approximate surface area is 163 Å². The van der Waals surface area contributed by atoms with E-state index in [1.165, 1.54) is 54.3 Å². The smallest absolute Gasteiger partial charge is 0.0204 e. The number of rotatable bonds is 2. The van der Waals surface area contributed by atoms with Crippen molar-refractivity contribution in [3.8, 4) is 22.3 Å². The highest BCUT2D eigenvalue weighted by Gasteiger charge is 2.24. The zero-order valence-electron chi connectivity index (χ0n) is 14.9. The molecule has 0 radical (unpaired) electrons. The molecule has 0 N–H and O–H groups in total. The zero-order valence-corrected chi connectivity index (χ0v) is 15.7. The average Bonchev–Trinajstić information content (AvgIpc) is 3.27. The van der Waals surface area contributed by atoms with Crippen molar-refractivity contribution in [3.05, 3.63) is 107 Å². The maximum atomic E-state index is 2.28. The Morgan fingerprint density at radius 2 is 0.889 bits per heavy atom. The molecule has 0 saturated carbocycles. The van der Waals surface area contributed by atoms with Crippen LogP contribution in [0.4, 0.5) is 0 Å². The van der Waals surface area contributed by atoms with E-state index >= 15 is 0 Å². The van der Waals surface area contributed by atoms with Gasteiger partial charge in [-0.2, -0.15) is 0 Å².